The van der Waals surface area contributed by atoms with Gasteiger partial charge < -0.3 is 0 Å². The lowest BCUT2D eigenvalue weighted by Gasteiger charge is -2.10. The molecule has 6 rings (SSSR count). The van der Waals surface area contributed by atoms with Crippen LogP contribution >= 0.6 is 24.4 Å². The summed E-state index contributed by atoms with van der Waals surface area (Å²) in [5.41, 5.74) is 9.05. The van der Waals surface area contributed by atoms with Gasteiger partial charge in [0.2, 0.25) is 0 Å². The van der Waals surface area contributed by atoms with Gasteiger partial charge in [0.05, 0.1) is 11.4 Å². The lowest BCUT2D eigenvalue weighted by molar-refractivity contribution is 1.02. The van der Waals surface area contributed by atoms with Gasteiger partial charge in [-0.25, -0.2) is 0 Å². The molecule has 0 unspecified atom stereocenters. The standard InChI is InChI=1S/2C16H15N3S/c2*1-11-8-9-14(12(2)10-11)19-15(17-18-16(19)20)13-6-4-3-5-7-13/h2*3-10H,1-2H3,(H,18,20). The molecule has 0 amide bonds. The van der Waals surface area contributed by atoms with Crippen LogP contribution in [0.15, 0.2) is 97.1 Å². The highest BCUT2D eigenvalue weighted by atomic mass is 32.1. The first-order valence-corrected chi connectivity index (χ1v) is 13.8. The van der Waals surface area contributed by atoms with E-state index in [0.717, 1.165) is 34.2 Å². The van der Waals surface area contributed by atoms with Crippen LogP contribution in [0.4, 0.5) is 0 Å². The number of aryl methyl sites for hydroxylation is 4. The van der Waals surface area contributed by atoms with E-state index in [2.05, 4.69) is 84.5 Å². The predicted octanol–water partition coefficient (Wildman–Crippen LogP) is 8.43. The molecule has 0 saturated carbocycles. The fourth-order valence-corrected chi connectivity index (χ4v) is 5.18. The van der Waals surface area contributed by atoms with E-state index in [1.807, 2.05) is 69.8 Å². The number of nitrogens with zero attached hydrogens (tertiary/aromatic N) is 4. The summed E-state index contributed by atoms with van der Waals surface area (Å²) >= 11 is 10.8. The second-order valence-corrected chi connectivity index (χ2v) is 10.5. The zero-order valence-corrected chi connectivity index (χ0v) is 24.5. The molecule has 2 aromatic heterocycles. The molecule has 0 saturated heterocycles. The van der Waals surface area contributed by atoms with Crippen LogP contribution in [0.5, 0.6) is 0 Å². The number of benzene rings is 4. The summed E-state index contributed by atoms with van der Waals surface area (Å²) in [7, 11) is 0. The van der Waals surface area contributed by atoms with Gasteiger partial charge >= 0.3 is 0 Å². The molecular formula is C32H30N6S2. The van der Waals surface area contributed by atoms with Gasteiger partial charge in [0, 0.05) is 11.1 Å². The van der Waals surface area contributed by atoms with Crippen LogP contribution in [0.1, 0.15) is 22.3 Å². The zero-order valence-electron chi connectivity index (χ0n) is 22.8. The third-order valence-electron chi connectivity index (χ3n) is 6.60. The highest BCUT2D eigenvalue weighted by Gasteiger charge is 2.13. The molecule has 6 nitrogen and oxygen atoms in total. The molecule has 0 atom stereocenters. The lowest BCUT2D eigenvalue weighted by Crippen LogP contribution is -2.00. The van der Waals surface area contributed by atoms with Crippen LogP contribution in [0, 0.1) is 37.2 Å². The minimum Gasteiger partial charge on any atom is -0.268 e. The Kier molecular flexibility index (Phi) is 8.00. The van der Waals surface area contributed by atoms with Crippen molar-refractivity contribution < 1.29 is 0 Å². The molecule has 6 aromatic rings. The van der Waals surface area contributed by atoms with Crippen molar-refractivity contribution in [2.45, 2.75) is 27.7 Å². The van der Waals surface area contributed by atoms with Gasteiger partial charge in [-0.15, -0.1) is 0 Å². The Bertz CT molecular complexity index is 1740. The van der Waals surface area contributed by atoms with Crippen molar-refractivity contribution >= 4 is 24.4 Å². The Morgan fingerprint density at radius 1 is 0.525 bits per heavy atom. The molecule has 200 valence electrons. The minimum atomic E-state index is 0.607. The second-order valence-electron chi connectivity index (χ2n) is 9.69. The van der Waals surface area contributed by atoms with Crippen molar-refractivity contribution in [2.24, 2.45) is 0 Å². The van der Waals surface area contributed by atoms with Gasteiger partial charge in [0.15, 0.2) is 21.2 Å². The summed E-state index contributed by atoms with van der Waals surface area (Å²) in [4.78, 5) is 0. The summed E-state index contributed by atoms with van der Waals surface area (Å²) < 4.78 is 5.19. The fraction of sp³-hybridized carbons (Fsp3) is 0.125. The van der Waals surface area contributed by atoms with E-state index in [1.54, 1.807) is 0 Å². The number of aromatic amines is 2. The average Bonchev–Trinajstić information content (AvgIpc) is 3.52. The molecular weight excluding hydrogens is 533 g/mol. The van der Waals surface area contributed by atoms with E-state index in [4.69, 9.17) is 24.4 Å². The molecule has 0 radical (unpaired) electrons. The number of hydrogen-bond acceptors (Lipinski definition) is 4. The average molecular weight is 563 g/mol. The van der Waals surface area contributed by atoms with Crippen molar-refractivity contribution in [3.63, 3.8) is 0 Å². The van der Waals surface area contributed by atoms with Crippen LogP contribution in [0.25, 0.3) is 34.2 Å². The summed E-state index contributed by atoms with van der Waals surface area (Å²) in [5.74, 6) is 1.67. The Morgan fingerprint density at radius 3 is 1.25 bits per heavy atom. The van der Waals surface area contributed by atoms with Gasteiger partial charge in [-0.2, -0.15) is 10.2 Å². The number of nitrogens with one attached hydrogen (secondary N) is 2. The fourth-order valence-electron chi connectivity index (χ4n) is 4.72. The van der Waals surface area contributed by atoms with Crippen molar-refractivity contribution in [1.82, 2.24) is 29.5 Å². The molecule has 0 fully saturated rings. The van der Waals surface area contributed by atoms with E-state index in [9.17, 15) is 0 Å². The first-order chi connectivity index (χ1) is 19.3. The Balaban J connectivity index is 0.000000161. The predicted molar refractivity (Wildman–Crippen MR) is 167 cm³/mol. The first kappa shape index (κ1) is 27.2. The maximum Gasteiger partial charge on any atom is 0.200 e. The van der Waals surface area contributed by atoms with Gasteiger partial charge in [-0.1, -0.05) is 96.1 Å². The quantitative estimate of drug-likeness (QED) is 0.212. The van der Waals surface area contributed by atoms with Crippen molar-refractivity contribution in [2.75, 3.05) is 0 Å². The molecule has 0 aliphatic carbocycles. The molecule has 4 aromatic carbocycles. The normalized spacial score (nSPS) is 10.7. The summed E-state index contributed by atoms with van der Waals surface area (Å²) in [6.07, 6.45) is 0. The maximum atomic E-state index is 5.39. The Morgan fingerprint density at radius 2 is 0.900 bits per heavy atom. The molecule has 0 spiro atoms. The number of H-pyrrole nitrogens is 2. The van der Waals surface area contributed by atoms with Crippen LogP contribution in [-0.2, 0) is 0 Å². The third kappa shape index (κ3) is 5.64. The largest absolute Gasteiger partial charge is 0.268 e. The van der Waals surface area contributed by atoms with Gasteiger partial charge in [0.1, 0.15) is 0 Å². The highest BCUT2D eigenvalue weighted by molar-refractivity contribution is 7.71. The lowest BCUT2D eigenvalue weighted by atomic mass is 10.1. The van der Waals surface area contributed by atoms with Gasteiger partial charge in [0.25, 0.3) is 0 Å². The molecule has 0 bridgehead atoms. The first-order valence-electron chi connectivity index (χ1n) is 12.9. The SMILES string of the molecule is Cc1ccc(-n2c(-c3ccccc3)n[nH]c2=S)c(C)c1.Cc1ccc(-n2c(-c3ccccc3)n[nH]c2=S)c(C)c1. The minimum absolute atomic E-state index is 0.607. The molecule has 2 heterocycles. The summed E-state index contributed by atoms with van der Waals surface area (Å²) in [6.45, 7) is 8.35. The van der Waals surface area contributed by atoms with E-state index in [-0.39, 0.29) is 0 Å². The Hall–Kier alpha value is -4.40. The van der Waals surface area contributed by atoms with Crippen LogP contribution in [-0.4, -0.2) is 29.5 Å². The summed E-state index contributed by atoms with van der Waals surface area (Å²) in [5, 5.41) is 14.5. The maximum absolute atomic E-state index is 5.39. The monoisotopic (exact) mass is 562 g/mol. The van der Waals surface area contributed by atoms with Crippen LogP contribution in [0.2, 0.25) is 0 Å². The van der Waals surface area contributed by atoms with E-state index in [1.165, 1.54) is 22.3 Å². The zero-order chi connectivity index (χ0) is 28.2. The second kappa shape index (κ2) is 11.8. The van der Waals surface area contributed by atoms with Crippen LogP contribution < -0.4 is 0 Å². The molecule has 40 heavy (non-hydrogen) atoms. The van der Waals surface area contributed by atoms with E-state index in [0.29, 0.717) is 9.54 Å². The summed E-state index contributed by atoms with van der Waals surface area (Å²) in [6, 6.07) is 32.8. The van der Waals surface area contributed by atoms with E-state index < -0.39 is 0 Å². The highest BCUT2D eigenvalue weighted by Crippen LogP contribution is 2.25. The smallest absolute Gasteiger partial charge is 0.200 e. The van der Waals surface area contributed by atoms with Crippen molar-refractivity contribution in [3.05, 3.63) is 129 Å². The molecule has 8 heteroatoms. The molecule has 2 N–H and O–H groups in total. The van der Waals surface area contributed by atoms with E-state index >= 15 is 0 Å². The molecule has 0 aliphatic rings. The molecule has 0 aliphatic heterocycles. The Labute approximate surface area is 244 Å². The number of rotatable bonds is 4. The topological polar surface area (TPSA) is 67.2 Å². The third-order valence-corrected chi connectivity index (χ3v) is 7.14. The number of aromatic nitrogens is 6. The van der Waals surface area contributed by atoms with Crippen molar-refractivity contribution in [3.8, 4) is 34.2 Å². The van der Waals surface area contributed by atoms with Gasteiger partial charge in [-0.05, 0) is 75.4 Å². The van der Waals surface area contributed by atoms with Gasteiger partial charge in [-0.3, -0.25) is 19.3 Å². The number of hydrogen-bond donors (Lipinski definition) is 2. The van der Waals surface area contributed by atoms with Crippen LogP contribution in [0.3, 0.4) is 0 Å². The van der Waals surface area contributed by atoms with Crippen molar-refractivity contribution in [1.29, 1.82) is 0 Å².